The summed E-state index contributed by atoms with van der Waals surface area (Å²) in [7, 11) is 1.16. The van der Waals surface area contributed by atoms with Gasteiger partial charge in [0.1, 0.15) is 6.04 Å². The standard InChI is InChI=1S/C13H18N2O5S/c1-8(6-9-4-3-5-21-9)14-13(19)15-10(12(17)18)7-11(16)20-2/h3-5,8,10H,6-7H2,1-2H3,(H,17,18)(H2,14,15,19)/t8?,10-/m0/s1. The van der Waals surface area contributed by atoms with Gasteiger partial charge in [0.25, 0.3) is 0 Å². The molecule has 21 heavy (non-hydrogen) atoms. The lowest BCUT2D eigenvalue weighted by Crippen LogP contribution is -2.49. The van der Waals surface area contributed by atoms with Crippen molar-refractivity contribution in [3.05, 3.63) is 22.4 Å². The molecule has 0 saturated heterocycles. The van der Waals surface area contributed by atoms with E-state index in [9.17, 15) is 14.4 Å². The molecule has 2 atom stereocenters. The number of esters is 1. The van der Waals surface area contributed by atoms with Gasteiger partial charge in [0.05, 0.1) is 13.5 Å². The Morgan fingerprint density at radius 3 is 2.62 bits per heavy atom. The zero-order valence-electron chi connectivity index (χ0n) is 11.8. The summed E-state index contributed by atoms with van der Waals surface area (Å²) in [5.74, 6) is -1.99. The van der Waals surface area contributed by atoms with Crippen molar-refractivity contribution in [2.45, 2.75) is 31.8 Å². The van der Waals surface area contributed by atoms with Crippen LogP contribution in [0.5, 0.6) is 0 Å². The first kappa shape index (κ1) is 17.0. The molecule has 1 rings (SSSR count). The maximum absolute atomic E-state index is 11.7. The number of methoxy groups -OCH3 is 1. The molecular formula is C13H18N2O5S. The van der Waals surface area contributed by atoms with Crippen LogP contribution in [0.3, 0.4) is 0 Å². The lowest BCUT2D eigenvalue weighted by Gasteiger charge is -2.17. The predicted octanol–water partition coefficient (Wildman–Crippen LogP) is 0.995. The smallest absolute Gasteiger partial charge is 0.326 e. The first-order valence-corrected chi connectivity index (χ1v) is 7.19. The minimum Gasteiger partial charge on any atom is -0.480 e. The van der Waals surface area contributed by atoms with Crippen LogP contribution in [0.25, 0.3) is 0 Å². The van der Waals surface area contributed by atoms with Crippen molar-refractivity contribution in [2.75, 3.05) is 7.11 Å². The summed E-state index contributed by atoms with van der Waals surface area (Å²) >= 11 is 1.58. The number of amides is 2. The number of carboxylic acid groups (broad SMARTS) is 1. The van der Waals surface area contributed by atoms with Gasteiger partial charge in [-0.1, -0.05) is 6.07 Å². The summed E-state index contributed by atoms with van der Waals surface area (Å²) < 4.78 is 4.39. The summed E-state index contributed by atoms with van der Waals surface area (Å²) in [6.07, 6.45) is 0.235. The van der Waals surface area contributed by atoms with Gasteiger partial charge >= 0.3 is 18.0 Å². The second-order valence-electron chi connectivity index (χ2n) is 4.47. The Hall–Kier alpha value is -2.09. The number of urea groups is 1. The Labute approximate surface area is 126 Å². The lowest BCUT2D eigenvalue weighted by atomic mass is 10.2. The predicted molar refractivity (Wildman–Crippen MR) is 77.2 cm³/mol. The molecular weight excluding hydrogens is 296 g/mol. The third-order valence-corrected chi connectivity index (χ3v) is 3.57. The van der Waals surface area contributed by atoms with E-state index >= 15 is 0 Å². The maximum Gasteiger partial charge on any atom is 0.326 e. The van der Waals surface area contributed by atoms with Crippen molar-refractivity contribution in [3.63, 3.8) is 0 Å². The first-order valence-electron chi connectivity index (χ1n) is 6.31. The minimum absolute atomic E-state index is 0.156. The molecule has 1 heterocycles. The van der Waals surface area contributed by atoms with Crippen LogP contribution in [0.4, 0.5) is 4.79 Å². The number of aliphatic carboxylic acids is 1. The lowest BCUT2D eigenvalue weighted by molar-refractivity contribution is -0.147. The number of hydrogen-bond acceptors (Lipinski definition) is 5. The Morgan fingerprint density at radius 1 is 1.38 bits per heavy atom. The molecule has 8 heteroatoms. The number of carboxylic acids is 1. The molecule has 0 aliphatic carbocycles. The molecule has 1 unspecified atom stereocenters. The average Bonchev–Trinajstić information content (AvgIpc) is 2.89. The van der Waals surface area contributed by atoms with Crippen LogP contribution < -0.4 is 10.6 Å². The van der Waals surface area contributed by atoms with E-state index in [1.807, 2.05) is 24.4 Å². The van der Waals surface area contributed by atoms with E-state index in [1.165, 1.54) is 0 Å². The monoisotopic (exact) mass is 314 g/mol. The summed E-state index contributed by atoms with van der Waals surface area (Å²) in [5.41, 5.74) is 0. The van der Waals surface area contributed by atoms with Crippen molar-refractivity contribution in [3.8, 4) is 0 Å². The van der Waals surface area contributed by atoms with E-state index in [1.54, 1.807) is 11.3 Å². The van der Waals surface area contributed by atoms with E-state index in [0.717, 1.165) is 12.0 Å². The van der Waals surface area contributed by atoms with Gasteiger partial charge in [0.2, 0.25) is 0 Å². The largest absolute Gasteiger partial charge is 0.480 e. The van der Waals surface area contributed by atoms with Gasteiger partial charge in [-0.2, -0.15) is 0 Å². The van der Waals surface area contributed by atoms with Gasteiger partial charge in [-0.3, -0.25) is 4.79 Å². The van der Waals surface area contributed by atoms with E-state index in [4.69, 9.17) is 5.11 Å². The summed E-state index contributed by atoms with van der Waals surface area (Å²) in [4.78, 5) is 34.9. The highest BCUT2D eigenvalue weighted by Gasteiger charge is 2.24. The third-order valence-electron chi connectivity index (χ3n) is 2.67. The molecule has 0 radical (unpaired) electrons. The van der Waals surface area contributed by atoms with E-state index in [2.05, 4.69) is 15.4 Å². The third kappa shape index (κ3) is 6.26. The number of rotatable bonds is 7. The molecule has 2 amide bonds. The van der Waals surface area contributed by atoms with Crippen LogP contribution in [0, 0.1) is 0 Å². The van der Waals surface area contributed by atoms with Crippen LogP contribution in [-0.4, -0.2) is 42.3 Å². The second kappa shape index (κ2) is 8.25. The van der Waals surface area contributed by atoms with Crippen molar-refractivity contribution >= 4 is 29.3 Å². The molecule has 3 N–H and O–H groups in total. The maximum atomic E-state index is 11.7. The summed E-state index contributed by atoms with van der Waals surface area (Å²) in [6.45, 7) is 1.81. The minimum atomic E-state index is -1.31. The number of thiophene rings is 1. The summed E-state index contributed by atoms with van der Waals surface area (Å²) in [6, 6.07) is 1.78. The normalized spacial score (nSPS) is 13.0. The fourth-order valence-corrected chi connectivity index (χ4v) is 2.49. The van der Waals surface area contributed by atoms with Gasteiger partial charge < -0.3 is 20.5 Å². The van der Waals surface area contributed by atoms with Gasteiger partial charge in [-0.25, -0.2) is 9.59 Å². The number of carbonyl (C=O) groups excluding carboxylic acids is 2. The van der Waals surface area contributed by atoms with Crippen molar-refractivity contribution in [2.24, 2.45) is 0 Å². The molecule has 0 aliphatic rings. The Balaban J connectivity index is 2.45. The quantitative estimate of drug-likeness (QED) is 0.651. The Morgan fingerprint density at radius 2 is 2.10 bits per heavy atom. The second-order valence-corrected chi connectivity index (χ2v) is 5.51. The molecule has 1 aromatic heterocycles. The average molecular weight is 314 g/mol. The fourth-order valence-electron chi connectivity index (χ4n) is 1.66. The molecule has 0 spiro atoms. The fraction of sp³-hybridized carbons (Fsp3) is 0.462. The van der Waals surface area contributed by atoms with Crippen LogP contribution in [0.2, 0.25) is 0 Å². The zero-order valence-corrected chi connectivity index (χ0v) is 12.6. The highest BCUT2D eigenvalue weighted by molar-refractivity contribution is 7.09. The number of nitrogens with one attached hydrogen (secondary N) is 2. The number of carbonyl (C=O) groups is 3. The molecule has 116 valence electrons. The molecule has 0 bridgehead atoms. The van der Waals surface area contributed by atoms with Crippen molar-refractivity contribution < 1.29 is 24.2 Å². The van der Waals surface area contributed by atoms with Crippen LogP contribution in [0.15, 0.2) is 17.5 Å². The summed E-state index contributed by atoms with van der Waals surface area (Å²) in [5, 5.41) is 15.8. The van der Waals surface area contributed by atoms with E-state index < -0.39 is 30.4 Å². The van der Waals surface area contributed by atoms with Gasteiger partial charge in [0.15, 0.2) is 0 Å². The van der Waals surface area contributed by atoms with Crippen LogP contribution in [-0.2, 0) is 20.7 Å². The highest BCUT2D eigenvalue weighted by atomic mass is 32.1. The van der Waals surface area contributed by atoms with E-state index in [-0.39, 0.29) is 6.04 Å². The van der Waals surface area contributed by atoms with Gasteiger partial charge in [-0.15, -0.1) is 11.3 Å². The van der Waals surface area contributed by atoms with Gasteiger partial charge in [-0.05, 0) is 18.4 Å². The molecule has 7 nitrogen and oxygen atoms in total. The topological polar surface area (TPSA) is 105 Å². The Bertz CT molecular complexity index is 489. The van der Waals surface area contributed by atoms with Crippen LogP contribution in [0.1, 0.15) is 18.2 Å². The van der Waals surface area contributed by atoms with Gasteiger partial charge in [0, 0.05) is 17.3 Å². The van der Waals surface area contributed by atoms with Crippen molar-refractivity contribution in [1.82, 2.24) is 10.6 Å². The molecule has 0 aromatic carbocycles. The molecule has 0 saturated carbocycles. The molecule has 0 fully saturated rings. The zero-order chi connectivity index (χ0) is 15.8. The first-order chi connectivity index (χ1) is 9.92. The number of ether oxygens (including phenoxy) is 1. The number of hydrogen-bond donors (Lipinski definition) is 3. The Kier molecular flexibility index (Phi) is 6.67. The van der Waals surface area contributed by atoms with Crippen LogP contribution >= 0.6 is 11.3 Å². The molecule has 1 aromatic rings. The molecule has 0 aliphatic heterocycles. The van der Waals surface area contributed by atoms with Crippen molar-refractivity contribution in [1.29, 1.82) is 0 Å². The highest BCUT2D eigenvalue weighted by Crippen LogP contribution is 2.10. The SMILES string of the molecule is COC(=O)C[C@H](NC(=O)NC(C)Cc1cccs1)C(=O)O. The van der Waals surface area contributed by atoms with E-state index in [0.29, 0.717) is 6.42 Å².